The molecule has 0 amide bonds. The number of pyridine rings is 1. The molecule has 0 atom stereocenters. The van der Waals surface area contributed by atoms with Gasteiger partial charge >= 0.3 is 0 Å². The number of anilines is 1. The van der Waals surface area contributed by atoms with Crippen molar-refractivity contribution in [2.45, 2.75) is 26.2 Å². The van der Waals surface area contributed by atoms with E-state index in [0.717, 1.165) is 43.1 Å². The summed E-state index contributed by atoms with van der Waals surface area (Å²) in [5, 5.41) is 0. The molecule has 0 aromatic carbocycles. The van der Waals surface area contributed by atoms with Crippen LogP contribution in [0.1, 0.15) is 25.0 Å². The summed E-state index contributed by atoms with van der Waals surface area (Å²) in [6.07, 6.45) is 2.71. The predicted octanol–water partition coefficient (Wildman–Crippen LogP) is 1.25. The molecule has 8 heteroatoms. The van der Waals surface area contributed by atoms with Gasteiger partial charge in [-0.05, 0) is 38.3 Å². The molecule has 24 heavy (non-hydrogen) atoms. The summed E-state index contributed by atoms with van der Waals surface area (Å²) in [4.78, 5) is 6.73. The summed E-state index contributed by atoms with van der Waals surface area (Å²) < 4.78 is 34.2. The summed E-state index contributed by atoms with van der Waals surface area (Å²) in [6, 6.07) is 3.84. The number of aryl methyl sites for hydroxylation is 1. The van der Waals surface area contributed by atoms with Crippen molar-refractivity contribution in [3.8, 4) is 5.75 Å². The third-order valence-electron chi connectivity index (χ3n) is 4.67. The van der Waals surface area contributed by atoms with E-state index < -0.39 is 10.2 Å². The minimum absolute atomic E-state index is 0.484. The highest BCUT2D eigenvalue weighted by Gasteiger charge is 2.33. The largest absolute Gasteiger partial charge is 0.493 e. The highest BCUT2D eigenvalue weighted by molar-refractivity contribution is 7.86. The lowest BCUT2D eigenvalue weighted by molar-refractivity contribution is 0.372. The molecule has 0 aliphatic carbocycles. The van der Waals surface area contributed by atoms with E-state index in [4.69, 9.17) is 4.74 Å². The van der Waals surface area contributed by atoms with Gasteiger partial charge in [0.15, 0.2) is 11.6 Å². The standard InChI is InChI=1S/C16H26N4O3S/c1-14-6-7-15(23-2)16(17-14)18-8-5-11-20(13-12-18)24(21,22)19-9-3-4-10-19/h6-7H,3-5,8-13H2,1-2H3. The lowest BCUT2D eigenvalue weighted by Crippen LogP contribution is -2.44. The molecule has 7 nitrogen and oxygen atoms in total. The third-order valence-corrected chi connectivity index (χ3v) is 6.71. The molecular weight excluding hydrogens is 328 g/mol. The number of rotatable bonds is 4. The normalized spacial score (nSPS) is 21.0. The second-order valence-corrected chi connectivity index (χ2v) is 8.26. The average molecular weight is 354 g/mol. The molecule has 2 aliphatic heterocycles. The van der Waals surface area contributed by atoms with Gasteiger partial charge in [0.1, 0.15) is 0 Å². The molecule has 0 bridgehead atoms. The maximum Gasteiger partial charge on any atom is 0.282 e. The van der Waals surface area contributed by atoms with Gasteiger partial charge in [-0.15, -0.1) is 0 Å². The number of nitrogens with zero attached hydrogens (tertiary/aromatic N) is 4. The van der Waals surface area contributed by atoms with E-state index in [1.807, 2.05) is 19.1 Å². The molecule has 0 unspecified atom stereocenters. The van der Waals surface area contributed by atoms with E-state index >= 15 is 0 Å². The van der Waals surface area contributed by atoms with Crippen molar-refractivity contribution in [2.75, 3.05) is 51.3 Å². The molecule has 0 saturated carbocycles. The fourth-order valence-electron chi connectivity index (χ4n) is 3.33. The average Bonchev–Trinajstić information content (AvgIpc) is 3.00. The number of hydrogen-bond acceptors (Lipinski definition) is 5. The maximum absolute atomic E-state index is 12.8. The first-order chi connectivity index (χ1) is 11.5. The van der Waals surface area contributed by atoms with Crippen LogP contribution in [0.3, 0.4) is 0 Å². The Kier molecular flexibility index (Phi) is 5.27. The number of ether oxygens (including phenoxy) is 1. The van der Waals surface area contributed by atoms with Gasteiger partial charge in [-0.1, -0.05) is 0 Å². The summed E-state index contributed by atoms with van der Waals surface area (Å²) >= 11 is 0. The van der Waals surface area contributed by atoms with E-state index in [0.29, 0.717) is 32.7 Å². The zero-order valence-electron chi connectivity index (χ0n) is 14.4. The van der Waals surface area contributed by atoms with E-state index in [1.165, 1.54) is 0 Å². The van der Waals surface area contributed by atoms with Crippen LogP contribution < -0.4 is 9.64 Å². The topological polar surface area (TPSA) is 66.0 Å². The summed E-state index contributed by atoms with van der Waals surface area (Å²) in [5.74, 6) is 1.54. The van der Waals surface area contributed by atoms with Crippen molar-refractivity contribution in [1.82, 2.24) is 13.6 Å². The molecule has 3 rings (SSSR count). The van der Waals surface area contributed by atoms with E-state index in [9.17, 15) is 8.42 Å². The maximum atomic E-state index is 12.8. The van der Waals surface area contributed by atoms with Crippen LogP contribution in [0, 0.1) is 6.92 Å². The van der Waals surface area contributed by atoms with Gasteiger partial charge in [0.2, 0.25) is 0 Å². The fraction of sp³-hybridized carbons (Fsp3) is 0.688. The molecule has 1 aromatic heterocycles. The van der Waals surface area contributed by atoms with Crippen molar-refractivity contribution < 1.29 is 13.2 Å². The number of aromatic nitrogens is 1. The van der Waals surface area contributed by atoms with Gasteiger partial charge in [0.05, 0.1) is 7.11 Å². The van der Waals surface area contributed by atoms with Gasteiger partial charge in [-0.2, -0.15) is 17.0 Å². The predicted molar refractivity (Wildman–Crippen MR) is 93.7 cm³/mol. The highest BCUT2D eigenvalue weighted by atomic mass is 32.2. The zero-order chi connectivity index (χ0) is 17.2. The molecule has 2 fully saturated rings. The Morgan fingerprint density at radius 2 is 1.62 bits per heavy atom. The van der Waals surface area contributed by atoms with E-state index in [2.05, 4.69) is 9.88 Å². The number of hydrogen-bond donors (Lipinski definition) is 0. The fourth-order valence-corrected chi connectivity index (χ4v) is 5.05. The Morgan fingerprint density at radius 1 is 0.958 bits per heavy atom. The Morgan fingerprint density at radius 3 is 2.33 bits per heavy atom. The van der Waals surface area contributed by atoms with Gasteiger partial charge in [-0.25, -0.2) is 4.98 Å². The minimum Gasteiger partial charge on any atom is -0.493 e. The Balaban J connectivity index is 1.75. The summed E-state index contributed by atoms with van der Waals surface area (Å²) in [7, 11) is -1.69. The molecule has 0 radical (unpaired) electrons. The Bertz CT molecular complexity index is 674. The smallest absolute Gasteiger partial charge is 0.282 e. The van der Waals surface area contributed by atoms with Crippen LogP contribution >= 0.6 is 0 Å². The van der Waals surface area contributed by atoms with Crippen LogP contribution in [0.5, 0.6) is 5.75 Å². The lowest BCUT2D eigenvalue weighted by Gasteiger charge is -2.26. The number of methoxy groups -OCH3 is 1. The van der Waals surface area contributed by atoms with Crippen LogP contribution in [0.25, 0.3) is 0 Å². The lowest BCUT2D eigenvalue weighted by atomic mass is 10.3. The van der Waals surface area contributed by atoms with Crippen molar-refractivity contribution in [1.29, 1.82) is 0 Å². The second-order valence-electron chi connectivity index (χ2n) is 6.33. The minimum atomic E-state index is -3.33. The van der Waals surface area contributed by atoms with Crippen LogP contribution in [0.4, 0.5) is 5.82 Å². The van der Waals surface area contributed by atoms with E-state index in [1.54, 1.807) is 15.7 Å². The second kappa shape index (κ2) is 7.25. The molecule has 0 N–H and O–H groups in total. The molecule has 2 saturated heterocycles. The van der Waals surface area contributed by atoms with Crippen molar-refractivity contribution in [3.63, 3.8) is 0 Å². The highest BCUT2D eigenvalue weighted by Crippen LogP contribution is 2.27. The molecule has 1 aromatic rings. The first kappa shape index (κ1) is 17.4. The van der Waals surface area contributed by atoms with Gasteiger partial charge < -0.3 is 9.64 Å². The third kappa shape index (κ3) is 3.50. The SMILES string of the molecule is COc1ccc(C)nc1N1CCCN(S(=O)(=O)N2CCCC2)CC1. The molecular formula is C16H26N4O3S. The Hall–Kier alpha value is -1.38. The van der Waals surface area contributed by atoms with Crippen LogP contribution in [0.15, 0.2) is 12.1 Å². The molecule has 2 aliphatic rings. The quantitative estimate of drug-likeness (QED) is 0.814. The van der Waals surface area contributed by atoms with E-state index in [-0.39, 0.29) is 0 Å². The van der Waals surface area contributed by atoms with Crippen LogP contribution in [-0.2, 0) is 10.2 Å². The van der Waals surface area contributed by atoms with Gasteiger partial charge in [0.25, 0.3) is 10.2 Å². The monoisotopic (exact) mass is 354 g/mol. The van der Waals surface area contributed by atoms with Crippen molar-refractivity contribution in [3.05, 3.63) is 17.8 Å². The molecule has 0 spiro atoms. The molecule has 3 heterocycles. The van der Waals surface area contributed by atoms with Crippen LogP contribution in [-0.4, -0.2) is 68.4 Å². The van der Waals surface area contributed by atoms with Gasteiger partial charge in [0, 0.05) is 45.0 Å². The van der Waals surface area contributed by atoms with Crippen molar-refractivity contribution in [2.24, 2.45) is 0 Å². The first-order valence-electron chi connectivity index (χ1n) is 8.54. The molecule has 134 valence electrons. The zero-order valence-corrected chi connectivity index (χ0v) is 15.3. The van der Waals surface area contributed by atoms with Crippen LogP contribution in [0.2, 0.25) is 0 Å². The summed E-state index contributed by atoms with van der Waals surface area (Å²) in [5.41, 5.74) is 0.927. The van der Waals surface area contributed by atoms with Crippen molar-refractivity contribution >= 4 is 16.0 Å². The van der Waals surface area contributed by atoms with Gasteiger partial charge in [-0.3, -0.25) is 0 Å². The first-order valence-corrected chi connectivity index (χ1v) is 9.94. The Labute approximate surface area is 144 Å². The summed E-state index contributed by atoms with van der Waals surface area (Å²) in [6.45, 7) is 5.69.